The van der Waals surface area contributed by atoms with Gasteiger partial charge in [-0.05, 0) is 51.8 Å². The van der Waals surface area contributed by atoms with Crippen molar-refractivity contribution in [2.75, 3.05) is 10.6 Å². The van der Waals surface area contributed by atoms with Gasteiger partial charge in [-0.25, -0.2) is 4.68 Å². The lowest BCUT2D eigenvalue weighted by molar-refractivity contribution is -0.173. The standard InChI is InChI=1S/C21H14Br2F6N4O/c22-12-6-4-10(5-7-12)14-9-15(21(27,28)29)33-18(31-14)16(23)17(32-33)19(34)30-13-3-1-2-11(8-13)20(24,25)26/h1-8,14-15,31H,9H2,(H,30,34)/t14-,15+/m1/s1. The normalized spacial score (nSPS) is 18.2. The molecule has 2 N–H and O–H groups in total. The lowest BCUT2D eigenvalue weighted by Gasteiger charge is -2.33. The van der Waals surface area contributed by atoms with Gasteiger partial charge in [0.2, 0.25) is 0 Å². The van der Waals surface area contributed by atoms with Gasteiger partial charge in [0, 0.05) is 16.6 Å². The van der Waals surface area contributed by atoms with Gasteiger partial charge in [-0.3, -0.25) is 4.79 Å². The van der Waals surface area contributed by atoms with Crippen LogP contribution >= 0.6 is 31.9 Å². The maximum absolute atomic E-state index is 13.9. The topological polar surface area (TPSA) is 59.0 Å². The van der Waals surface area contributed by atoms with Crippen LogP contribution in [-0.2, 0) is 6.18 Å². The molecule has 5 nitrogen and oxygen atoms in total. The second-order valence-corrected chi connectivity index (χ2v) is 9.24. The molecule has 1 aromatic heterocycles. The van der Waals surface area contributed by atoms with Gasteiger partial charge in [0.1, 0.15) is 5.82 Å². The van der Waals surface area contributed by atoms with Crippen LogP contribution in [0.5, 0.6) is 0 Å². The van der Waals surface area contributed by atoms with E-state index in [4.69, 9.17) is 0 Å². The Bertz CT molecular complexity index is 1220. The number of nitrogens with zero attached hydrogens (tertiary/aromatic N) is 2. The van der Waals surface area contributed by atoms with Gasteiger partial charge in [0.15, 0.2) is 11.7 Å². The van der Waals surface area contributed by atoms with Crippen LogP contribution < -0.4 is 10.6 Å². The van der Waals surface area contributed by atoms with Gasteiger partial charge < -0.3 is 10.6 Å². The van der Waals surface area contributed by atoms with Crippen LogP contribution in [0, 0.1) is 0 Å². The Balaban J connectivity index is 1.67. The molecular weight excluding hydrogens is 598 g/mol. The smallest absolute Gasteiger partial charge is 0.362 e. The van der Waals surface area contributed by atoms with Gasteiger partial charge in [-0.1, -0.05) is 34.1 Å². The molecule has 1 amide bonds. The highest BCUT2D eigenvalue weighted by Gasteiger charge is 2.47. The summed E-state index contributed by atoms with van der Waals surface area (Å²) in [4.78, 5) is 12.7. The Morgan fingerprint density at radius 2 is 1.74 bits per heavy atom. The third-order valence-corrected chi connectivity index (χ3v) is 6.51. The Morgan fingerprint density at radius 3 is 2.35 bits per heavy atom. The molecule has 0 spiro atoms. The molecule has 0 radical (unpaired) electrons. The van der Waals surface area contributed by atoms with E-state index in [0.29, 0.717) is 10.2 Å². The summed E-state index contributed by atoms with van der Waals surface area (Å²) >= 11 is 6.42. The van der Waals surface area contributed by atoms with Crippen LogP contribution in [-0.4, -0.2) is 21.9 Å². The van der Waals surface area contributed by atoms with Gasteiger partial charge in [0.05, 0.1) is 16.1 Å². The summed E-state index contributed by atoms with van der Waals surface area (Å²) in [7, 11) is 0. The summed E-state index contributed by atoms with van der Waals surface area (Å²) in [6, 6.07) is 7.91. The van der Waals surface area contributed by atoms with E-state index < -0.39 is 41.6 Å². The number of halogens is 8. The molecule has 2 atom stereocenters. The number of amides is 1. The fraction of sp³-hybridized carbons (Fsp3) is 0.238. The summed E-state index contributed by atoms with van der Waals surface area (Å²) in [5, 5.41) is 9.10. The number of alkyl halides is 6. The number of benzene rings is 2. The number of anilines is 2. The van der Waals surface area contributed by atoms with Crippen molar-refractivity contribution in [3.8, 4) is 0 Å². The largest absolute Gasteiger partial charge is 0.416 e. The predicted molar refractivity (Wildman–Crippen MR) is 120 cm³/mol. The minimum absolute atomic E-state index is 0.0342. The van der Waals surface area contributed by atoms with Crippen molar-refractivity contribution in [3.63, 3.8) is 0 Å². The molecule has 1 aliphatic heterocycles. The van der Waals surface area contributed by atoms with Crippen molar-refractivity contribution in [2.24, 2.45) is 0 Å². The molecule has 34 heavy (non-hydrogen) atoms. The predicted octanol–water partition coefficient (Wildman–Crippen LogP) is 7.34. The number of carbonyl (C=O) groups is 1. The van der Waals surface area contributed by atoms with E-state index in [9.17, 15) is 31.1 Å². The summed E-state index contributed by atoms with van der Waals surface area (Å²) in [6.45, 7) is 0. The number of carbonyl (C=O) groups excluding carboxylic acids is 1. The Hall–Kier alpha value is -2.54. The SMILES string of the molecule is O=C(Nc1cccc(C(F)(F)F)c1)c1nn2c(c1Br)N[C@@H](c1ccc(Br)cc1)C[C@H]2C(F)(F)F. The molecule has 0 unspecified atom stereocenters. The van der Waals surface area contributed by atoms with Crippen LogP contribution in [0.2, 0.25) is 0 Å². The Morgan fingerprint density at radius 1 is 1.06 bits per heavy atom. The van der Waals surface area contributed by atoms with E-state index in [2.05, 4.69) is 47.6 Å². The van der Waals surface area contributed by atoms with Crippen LogP contribution in [0.25, 0.3) is 0 Å². The fourth-order valence-electron chi connectivity index (χ4n) is 3.61. The third-order valence-electron chi connectivity index (χ3n) is 5.23. The highest BCUT2D eigenvalue weighted by molar-refractivity contribution is 9.11. The third kappa shape index (κ3) is 4.95. The minimum Gasteiger partial charge on any atom is -0.362 e. The quantitative estimate of drug-likeness (QED) is 0.305. The zero-order chi connectivity index (χ0) is 24.8. The summed E-state index contributed by atoms with van der Waals surface area (Å²) < 4.78 is 82.0. The molecule has 180 valence electrons. The molecule has 13 heteroatoms. The average Bonchev–Trinajstić information content (AvgIpc) is 3.09. The van der Waals surface area contributed by atoms with Gasteiger partial charge in [-0.15, -0.1) is 0 Å². The second-order valence-electron chi connectivity index (χ2n) is 7.53. The molecule has 0 bridgehead atoms. The summed E-state index contributed by atoms with van der Waals surface area (Å²) in [5.41, 5.74) is -0.951. The molecule has 0 saturated heterocycles. The second kappa shape index (κ2) is 8.91. The molecule has 4 rings (SSSR count). The van der Waals surface area contributed by atoms with Crippen molar-refractivity contribution >= 4 is 49.3 Å². The van der Waals surface area contributed by atoms with E-state index in [1.165, 1.54) is 6.07 Å². The first kappa shape index (κ1) is 24.6. The van der Waals surface area contributed by atoms with E-state index in [1.54, 1.807) is 24.3 Å². The molecule has 0 aliphatic carbocycles. The van der Waals surface area contributed by atoms with Gasteiger partial charge in [-0.2, -0.15) is 31.4 Å². The first-order valence-corrected chi connectivity index (χ1v) is 11.3. The maximum Gasteiger partial charge on any atom is 0.416 e. The summed E-state index contributed by atoms with van der Waals surface area (Å²) in [5.74, 6) is -1.02. The van der Waals surface area contributed by atoms with E-state index in [1.807, 2.05) is 0 Å². The minimum atomic E-state index is -4.66. The van der Waals surface area contributed by atoms with Crippen LogP contribution in [0.1, 0.15) is 40.1 Å². The molecule has 2 aromatic carbocycles. The van der Waals surface area contributed by atoms with Crippen LogP contribution in [0.3, 0.4) is 0 Å². The average molecular weight is 612 g/mol. The molecule has 0 saturated carbocycles. The highest BCUT2D eigenvalue weighted by atomic mass is 79.9. The van der Waals surface area contributed by atoms with Crippen molar-refractivity contribution < 1.29 is 31.1 Å². The molecular formula is C21H14Br2F6N4O. The number of rotatable bonds is 3. The van der Waals surface area contributed by atoms with E-state index >= 15 is 0 Å². The number of aromatic nitrogens is 2. The lowest BCUT2D eigenvalue weighted by Crippen LogP contribution is -2.35. The Labute approximate surface area is 205 Å². The fourth-order valence-corrected chi connectivity index (χ4v) is 4.43. The molecule has 0 fully saturated rings. The monoisotopic (exact) mass is 610 g/mol. The van der Waals surface area contributed by atoms with Crippen LogP contribution in [0.15, 0.2) is 57.5 Å². The van der Waals surface area contributed by atoms with E-state index in [-0.39, 0.29) is 22.4 Å². The van der Waals surface area contributed by atoms with E-state index in [0.717, 1.165) is 22.7 Å². The van der Waals surface area contributed by atoms with Crippen molar-refractivity contribution in [1.82, 2.24) is 9.78 Å². The Kier molecular flexibility index (Phi) is 6.44. The lowest BCUT2D eigenvalue weighted by atomic mass is 9.97. The summed E-state index contributed by atoms with van der Waals surface area (Å²) in [6.07, 6.45) is -9.66. The maximum atomic E-state index is 13.9. The molecule has 2 heterocycles. The molecule has 1 aliphatic rings. The first-order valence-electron chi connectivity index (χ1n) is 9.70. The highest BCUT2D eigenvalue weighted by Crippen LogP contribution is 2.46. The number of hydrogen-bond acceptors (Lipinski definition) is 3. The number of hydrogen-bond donors (Lipinski definition) is 2. The molecule has 3 aromatic rings. The zero-order valence-electron chi connectivity index (χ0n) is 16.8. The van der Waals surface area contributed by atoms with Crippen molar-refractivity contribution in [1.29, 1.82) is 0 Å². The number of fused-ring (bicyclic) bond motifs is 1. The first-order chi connectivity index (χ1) is 15.8. The van der Waals surface area contributed by atoms with Crippen LogP contribution in [0.4, 0.5) is 37.8 Å². The zero-order valence-corrected chi connectivity index (χ0v) is 20.0. The number of nitrogens with one attached hydrogen (secondary N) is 2. The van der Waals surface area contributed by atoms with Crippen molar-refractivity contribution in [3.05, 3.63) is 74.3 Å². The van der Waals surface area contributed by atoms with Gasteiger partial charge in [0.25, 0.3) is 5.91 Å². The van der Waals surface area contributed by atoms with Gasteiger partial charge >= 0.3 is 12.4 Å². The van der Waals surface area contributed by atoms with Crippen molar-refractivity contribution in [2.45, 2.75) is 30.9 Å².